The second kappa shape index (κ2) is 7.83. The van der Waals surface area contributed by atoms with Crippen LogP contribution in [0, 0.1) is 6.92 Å². The summed E-state index contributed by atoms with van der Waals surface area (Å²) in [5.41, 5.74) is 1.04. The lowest BCUT2D eigenvalue weighted by Crippen LogP contribution is -2.42. The molecule has 6 nitrogen and oxygen atoms in total. The highest BCUT2D eigenvalue weighted by molar-refractivity contribution is 5.91. The highest BCUT2D eigenvalue weighted by atomic mass is 19.1. The minimum atomic E-state index is -1.15. The minimum absolute atomic E-state index is 0.288. The van der Waals surface area contributed by atoms with Crippen molar-refractivity contribution in [1.29, 1.82) is 0 Å². The first-order valence-corrected chi connectivity index (χ1v) is 7.90. The Labute approximate surface area is 144 Å². The third-order valence-corrected chi connectivity index (χ3v) is 4.01. The van der Waals surface area contributed by atoms with Gasteiger partial charge in [-0.3, -0.25) is 14.4 Å². The molecule has 2 unspecified atom stereocenters. The lowest BCUT2D eigenvalue weighted by Gasteiger charge is -2.18. The average Bonchev–Trinajstić information content (AvgIpc) is 2.61. The number of aryl methyl sites for hydroxylation is 1. The topological polar surface area (TPSA) is 81.1 Å². The van der Waals surface area contributed by atoms with Crippen LogP contribution in [0.2, 0.25) is 0 Å². The van der Waals surface area contributed by atoms with Crippen molar-refractivity contribution in [2.24, 2.45) is 0 Å². The molecule has 0 saturated carbocycles. The Hall–Kier alpha value is -2.83. The molecule has 2 aromatic rings. The lowest BCUT2D eigenvalue weighted by atomic mass is 9.97. The van der Waals surface area contributed by atoms with E-state index in [-0.39, 0.29) is 5.56 Å². The molecule has 25 heavy (non-hydrogen) atoms. The molecule has 0 saturated heterocycles. The molecular formula is C18H20FN3O3. The Morgan fingerprint density at radius 3 is 2.48 bits per heavy atom. The van der Waals surface area contributed by atoms with Crippen LogP contribution in [-0.2, 0) is 9.59 Å². The highest BCUT2D eigenvalue weighted by Crippen LogP contribution is 2.16. The summed E-state index contributed by atoms with van der Waals surface area (Å²) in [4.78, 5) is 36.5. The molecule has 1 aromatic heterocycles. The number of ketones is 1. The molecule has 2 atom stereocenters. The zero-order chi connectivity index (χ0) is 18.6. The van der Waals surface area contributed by atoms with Crippen molar-refractivity contribution >= 4 is 11.7 Å². The molecular weight excluding hydrogens is 325 g/mol. The van der Waals surface area contributed by atoms with Crippen LogP contribution in [-0.4, -0.2) is 34.2 Å². The quantitative estimate of drug-likeness (QED) is 0.864. The number of benzene rings is 1. The molecule has 1 heterocycles. The normalized spacial score (nSPS) is 13.1. The zero-order valence-electron chi connectivity index (χ0n) is 14.3. The second-order valence-corrected chi connectivity index (χ2v) is 5.85. The summed E-state index contributed by atoms with van der Waals surface area (Å²) in [6.07, 6.45) is 1.52. The number of carbonyl (C=O) groups is 2. The smallest absolute Gasteiger partial charge is 0.275 e. The van der Waals surface area contributed by atoms with E-state index in [0.717, 1.165) is 0 Å². The Kier molecular flexibility index (Phi) is 5.80. The molecule has 1 amide bonds. The predicted molar refractivity (Wildman–Crippen MR) is 91.6 cm³/mol. The maximum atomic E-state index is 12.8. The van der Waals surface area contributed by atoms with Crippen LogP contribution >= 0.6 is 0 Å². The third kappa shape index (κ3) is 3.99. The zero-order valence-corrected chi connectivity index (χ0v) is 14.3. The van der Waals surface area contributed by atoms with E-state index in [1.165, 1.54) is 17.8 Å². The van der Waals surface area contributed by atoms with Gasteiger partial charge in [0.1, 0.15) is 6.67 Å². The fourth-order valence-electron chi connectivity index (χ4n) is 2.49. The monoisotopic (exact) mass is 345 g/mol. The summed E-state index contributed by atoms with van der Waals surface area (Å²) in [7, 11) is 0. The van der Waals surface area contributed by atoms with E-state index >= 15 is 0 Å². The first-order chi connectivity index (χ1) is 11.9. The first-order valence-electron chi connectivity index (χ1n) is 7.90. The number of rotatable bonds is 6. The first kappa shape index (κ1) is 18.5. The summed E-state index contributed by atoms with van der Waals surface area (Å²) in [5.74, 6) is -2.03. The van der Waals surface area contributed by atoms with Gasteiger partial charge in [0.25, 0.3) is 5.56 Å². The largest absolute Gasteiger partial charge is 0.346 e. The van der Waals surface area contributed by atoms with Crippen molar-refractivity contribution in [2.45, 2.75) is 32.7 Å². The van der Waals surface area contributed by atoms with Crippen LogP contribution in [0.1, 0.15) is 30.9 Å². The van der Waals surface area contributed by atoms with Gasteiger partial charge in [-0.15, -0.1) is 0 Å². The summed E-state index contributed by atoms with van der Waals surface area (Å²) < 4.78 is 13.6. The molecule has 0 radical (unpaired) electrons. The fraction of sp³-hybridized carbons (Fsp3) is 0.333. The number of carbonyl (C=O) groups excluding carboxylic acids is 2. The molecule has 0 aliphatic rings. The standard InChI is InChI=1S/C18H20FN3O3/c1-11-10-20-22(14-7-5-4-6-8-14)18(25)16(11)12(2)17(24)21-13(3)15(23)9-19/h4-8,10,12-13H,9H2,1-3H3,(H,21,24). The number of nitrogens with zero attached hydrogens (tertiary/aromatic N) is 2. The van der Waals surface area contributed by atoms with Crippen LogP contribution in [0.4, 0.5) is 4.39 Å². The van der Waals surface area contributed by atoms with Gasteiger partial charge in [-0.05, 0) is 38.5 Å². The molecule has 0 aliphatic heterocycles. The maximum absolute atomic E-state index is 12.8. The molecule has 132 valence electrons. The van der Waals surface area contributed by atoms with E-state index in [4.69, 9.17) is 0 Å². The Balaban J connectivity index is 2.37. The summed E-state index contributed by atoms with van der Waals surface area (Å²) in [5, 5.41) is 6.57. The predicted octanol–water partition coefficient (Wildman–Crippen LogP) is 1.69. The number of alkyl halides is 1. The van der Waals surface area contributed by atoms with Crippen molar-refractivity contribution in [1.82, 2.24) is 15.1 Å². The number of para-hydroxylation sites is 1. The van der Waals surface area contributed by atoms with Crippen LogP contribution < -0.4 is 10.9 Å². The van der Waals surface area contributed by atoms with Crippen molar-refractivity contribution in [3.8, 4) is 5.69 Å². The van der Waals surface area contributed by atoms with Crippen LogP contribution in [0.5, 0.6) is 0 Å². The SMILES string of the molecule is Cc1cnn(-c2ccccc2)c(=O)c1C(C)C(=O)NC(C)C(=O)CF. The van der Waals surface area contributed by atoms with Gasteiger partial charge in [-0.1, -0.05) is 18.2 Å². The van der Waals surface area contributed by atoms with E-state index in [2.05, 4.69) is 10.4 Å². The number of aromatic nitrogens is 2. The lowest BCUT2D eigenvalue weighted by molar-refractivity contribution is -0.128. The summed E-state index contributed by atoms with van der Waals surface area (Å²) >= 11 is 0. The maximum Gasteiger partial charge on any atom is 0.275 e. The van der Waals surface area contributed by atoms with Gasteiger partial charge in [0.05, 0.1) is 23.8 Å². The number of hydrogen-bond acceptors (Lipinski definition) is 4. The Morgan fingerprint density at radius 2 is 1.88 bits per heavy atom. The molecule has 0 aliphatic carbocycles. The third-order valence-electron chi connectivity index (χ3n) is 4.01. The molecule has 0 bridgehead atoms. The van der Waals surface area contributed by atoms with E-state index in [1.54, 1.807) is 38.1 Å². The average molecular weight is 345 g/mol. The van der Waals surface area contributed by atoms with Crippen molar-refractivity contribution in [2.75, 3.05) is 6.67 Å². The number of hydrogen-bond donors (Lipinski definition) is 1. The van der Waals surface area contributed by atoms with Gasteiger partial charge in [-0.25, -0.2) is 4.39 Å². The second-order valence-electron chi connectivity index (χ2n) is 5.85. The number of amides is 1. The van der Waals surface area contributed by atoms with Crippen LogP contribution in [0.25, 0.3) is 5.69 Å². The minimum Gasteiger partial charge on any atom is -0.346 e. The van der Waals surface area contributed by atoms with E-state index in [1.807, 2.05) is 6.07 Å². The van der Waals surface area contributed by atoms with Crippen molar-refractivity contribution in [3.05, 3.63) is 58.0 Å². The van der Waals surface area contributed by atoms with Crippen LogP contribution in [0.3, 0.4) is 0 Å². The van der Waals surface area contributed by atoms with Gasteiger partial charge in [-0.2, -0.15) is 9.78 Å². The number of halogens is 1. The van der Waals surface area contributed by atoms with Gasteiger partial charge >= 0.3 is 0 Å². The van der Waals surface area contributed by atoms with E-state index in [9.17, 15) is 18.8 Å². The summed E-state index contributed by atoms with van der Waals surface area (Å²) in [6.45, 7) is 3.53. The molecule has 1 N–H and O–H groups in total. The van der Waals surface area contributed by atoms with E-state index in [0.29, 0.717) is 11.3 Å². The Bertz CT molecular complexity index is 833. The van der Waals surface area contributed by atoms with E-state index < -0.39 is 35.9 Å². The fourth-order valence-corrected chi connectivity index (χ4v) is 2.49. The molecule has 2 rings (SSSR count). The summed E-state index contributed by atoms with van der Waals surface area (Å²) in [6, 6.07) is 7.91. The van der Waals surface area contributed by atoms with Crippen molar-refractivity contribution < 1.29 is 14.0 Å². The van der Waals surface area contributed by atoms with Gasteiger partial charge in [0.2, 0.25) is 5.91 Å². The van der Waals surface area contributed by atoms with Gasteiger partial charge in [0.15, 0.2) is 5.78 Å². The van der Waals surface area contributed by atoms with Gasteiger partial charge in [0, 0.05) is 5.56 Å². The Morgan fingerprint density at radius 1 is 1.24 bits per heavy atom. The molecule has 7 heteroatoms. The highest BCUT2D eigenvalue weighted by Gasteiger charge is 2.25. The van der Waals surface area contributed by atoms with Crippen molar-refractivity contribution in [3.63, 3.8) is 0 Å². The molecule has 0 spiro atoms. The molecule has 1 aromatic carbocycles. The molecule has 0 fully saturated rings. The van der Waals surface area contributed by atoms with Gasteiger partial charge < -0.3 is 5.32 Å². The van der Waals surface area contributed by atoms with Crippen LogP contribution in [0.15, 0.2) is 41.3 Å². The number of Topliss-reactive ketones (excluding diaryl/α,β-unsaturated/α-hetero) is 1. The number of nitrogens with one attached hydrogen (secondary N) is 1.